The van der Waals surface area contributed by atoms with Gasteiger partial charge in [-0.3, -0.25) is 14.5 Å². The lowest BCUT2D eigenvalue weighted by Gasteiger charge is -2.24. The molecule has 0 atom stereocenters. The predicted molar refractivity (Wildman–Crippen MR) is 97.2 cm³/mol. The normalized spacial score (nSPS) is 11.2. The van der Waals surface area contributed by atoms with Gasteiger partial charge in [0.15, 0.2) is 0 Å². The van der Waals surface area contributed by atoms with E-state index < -0.39 is 22.5 Å². The van der Waals surface area contributed by atoms with Gasteiger partial charge in [0.05, 0.1) is 15.6 Å². The number of sulfonamides is 1. The van der Waals surface area contributed by atoms with Crippen LogP contribution in [0.3, 0.4) is 0 Å². The molecule has 128 valence electrons. The van der Waals surface area contributed by atoms with E-state index in [9.17, 15) is 13.2 Å². The van der Waals surface area contributed by atoms with Crippen molar-refractivity contribution in [3.05, 3.63) is 57.5 Å². The second kappa shape index (κ2) is 7.52. The van der Waals surface area contributed by atoms with Crippen LogP contribution in [0, 0.1) is 6.92 Å². The fourth-order valence-electron chi connectivity index (χ4n) is 2.00. The van der Waals surface area contributed by atoms with Gasteiger partial charge in [-0.15, -0.1) is 0 Å². The molecular formula is C15H15BrClN3O3S. The molecule has 0 aliphatic heterocycles. The Labute approximate surface area is 153 Å². The van der Waals surface area contributed by atoms with Crippen molar-refractivity contribution in [1.29, 1.82) is 0 Å². The SMILES string of the molecule is Cc1ccc(S(=O)(=O)N(CC(=O)NN)c2ccc(Br)cc2Cl)cc1. The van der Waals surface area contributed by atoms with Crippen LogP contribution in [-0.4, -0.2) is 20.9 Å². The number of benzene rings is 2. The average molecular weight is 433 g/mol. The summed E-state index contributed by atoms with van der Waals surface area (Å²) >= 11 is 9.43. The number of rotatable bonds is 5. The summed E-state index contributed by atoms with van der Waals surface area (Å²) in [5, 5.41) is 0.185. The van der Waals surface area contributed by atoms with Gasteiger partial charge in [-0.05, 0) is 37.3 Å². The molecule has 0 heterocycles. The second-order valence-electron chi connectivity index (χ2n) is 4.99. The molecule has 0 fully saturated rings. The molecular weight excluding hydrogens is 418 g/mol. The summed E-state index contributed by atoms with van der Waals surface area (Å²) in [5.41, 5.74) is 3.03. The topological polar surface area (TPSA) is 92.5 Å². The Balaban J connectivity index is 2.57. The monoisotopic (exact) mass is 431 g/mol. The summed E-state index contributed by atoms with van der Waals surface area (Å²) in [6, 6.07) is 11.0. The molecule has 0 spiro atoms. The largest absolute Gasteiger partial charge is 0.293 e. The number of nitrogens with two attached hydrogens (primary N) is 1. The van der Waals surface area contributed by atoms with Gasteiger partial charge in [-0.1, -0.05) is 45.2 Å². The van der Waals surface area contributed by atoms with Crippen LogP contribution in [0.5, 0.6) is 0 Å². The van der Waals surface area contributed by atoms with Gasteiger partial charge >= 0.3 is 0 Å². The fraction of sp³-hybridized carbons (Fsp3) is 0.133. The van der Waals surface area contributed by atoms with Crippen LogP contribution in [0.15, 0.2) is 51.8 Å². The highest BCUT2D eigenvalue weighted by Crippen LogP contribution is 2.32. The summed E-state index contributed by atoms with van der Waals surface area (Å²) in [6.45, 7) is 1.36. The van der Waals surface area contributed by atoms with Crippen LogP contribution in [-0.2, 0) is 14.8 Å². The van der Waals surface area contributed by atoms with E-state index in [0.717, 1.165) is 9.87 Å². The molecule has 3 N–H and O–H groups in total. The molecule has 2 aromatic carbocycles. The van der Waals surface area contributed by atoms with E-state index in [-0.39, 0.29) is 15.6 Å². The van der Waals surface area contributed by atoms with Gasteiger partial charge in [0.1, 0.15) is 6.54 Å². The smallest absolute Gasteiger partial charge is 0.264 e. The first-order chi connectivity index (χ1) is 11.3. The highest BCUT2D eigenvalue weighted by Gasteiger charge is 2.28. The summed E-state index contributed by atoms with van der Waals surface area (Å²) in [4.78, 5) is 11.8. The van der Waals surface area contributed by atoms with E-state index in [1.807, 2.05) is 12.3 Å². The maximum absolute atomic E-state index is 13.0. The molecule has 0 radical (unpaired) electrons. The van der Waals surface area contributed by atoms with Crippen molar-refractivity contribution in [3.8, 4) is 0 Å². The zero-order chi connectivity index (χ0) is 17.9. The van der Waals surface area contributed by atoms with Crippen LogP contribution in [0.25, 0.3) is 0 Å². The number of hydrazine groups is 1. The van der Waals surface area contributed by atoms with E-state index in [0.29, 0.717) is 4.47 Å². The Bertz CT molecular complexity index is 857. The molecule has 2 rings (SSSR count). The Morgan fingerprint density at radius 2 is 1.88 bits per heavy atom. The molecule has 0 aliphatic rings. The Kier molecular flexibility index (Phi) is 5.87. The number of carbonyl (C=O) groups is 1. The van der Waals surface area contributed by atoms with Gasteiger partial charge < -0.3 is 0 Å². The zero-order valence-electron chi connectivity index (χ0n) is 12.7. The number of carbonyl (C=O) groups excluding carboxylic acids is 1. The third-order valence-corrected chi connectivity index (χ3v) is 5.81. The minimum atomic E-state index is -3.99. The van der Waals surface area contributed by atoms with E-state index >= 15 is 0 Å². The quantitative estimate of drug-likeness (QED) is 0.431. The molecule has 0 saturated carbocycles. The third kappa shape index (κ3) is 4.07. The summed E-state index contributed by atoms with van der Waals surface area (Å²) in [6.07, 6.45) is 0. The zero-order valence-corrected chi connectivity index (χ0v) is 15.8. The van der Waals surface area contributed by atoms with Crippen LogP contribution < -0.4 is 15.6 Å². The second-order valence-corrected chi connectivity index (χ2v) is 8.17. The van der Waals surface area contributed by atoms with Crippen molar-refractivity contribution in [2.24, 2.45) is 5.84 Å². The van der Waals surface area contributed by atoms with Gasteiger partial charge in [-0.2, -0.15) is 0 Å². The van der Waals surface area contributed by atoms with Crippen molar-refractivity contribution in [2.45, 2.75) is 11.8 Å². The molecule has 1 amide bonds. The lowest BCUT2D eigenvalue weighted by atomic mass is 10.2. The summed E-state index contributed by atoms with van der Waals surface area (Å²) in [5.74, 6) is 4.44. The number of halogens is 2. The lowest BCUT2D eigenvalue weighted by molar-refractivity contribution is -0.119. The third-order valence-electron chi connectivity index (χ3n) is 3.24. The number of nitrogens with one attached hydrogen (secondary N) is 1. The van der Waals surface area contributed by atoms with Crippen LogP contribution in [0.2, 0.25) is 5.02 Å². The molecule has 9 heteroatoms. The highest BCUT2D eigenvalue weighted by atomic mass is 79.9. The number of nitrogens with zero attached hydrogens (tertiary/aromatic N) is 1. The van der Waals surface area contributed by atoms with E-state index in [2.05, 4.69) is 15.9 Å². The molecule has 0 aliphatic carbocycles. The van der Waals surface area contributed by atoms with Crippen LogP contribution in [0.1, 0.15) is 5.56 Å². The van der Waals surface area contributed by atoms with Gasteiger partial charge in [0.25, 0.3) is 15.9 Å². The standard InChI is InChI=1S/C15H15BrClN3O3S/c1-10-2-5-12(6-3-10)24(22,23)20(9-15(21)19-18)14-7-4-11(16)8-13(14)17/h2-8H,9,18H2,1H3,(H,19,21). The van der Waals surface area contributed by atoms with Crippen molar-refractivity contribution in [3.63, 3.8) is 0 Å². The number of hydrogen-bond donors (Lipinski definition) is 2. The molecule has 0 saturated heterocycles. The number of hydrogen-bond acceptors (Lipinski definition) is 4. The number of anilines is 1. The summed E-state index contributed by atoms with van der Waals surface area (Å²) < 4.78 is 27.5. The van der Waals surface area contributed by atoms with Gasteiger partial charge in [-0.25, -0.2) is 14.3 Å². The van der Waals surface area contributed by atoms with Gasteiger partial charge in [0, 0.05) is 4.47 Å². The summed E-state index contributed by atoms with van der Waals surface area (Å²) in [7, 11) is -3.99. The minimum absolute atomic E-state index is 0.0527. The molecule has 24 heavy (non-hydrogen) atoms. The minimum Gasteiger partial charge on any atom is -0.293 e. The number of amides is 1. The fourth-order valence-corrected chi connectivity index (χ4v) is 4.26. The van der Waals surface area contributed by atoms with Crippen LogP contribution in [0.4, 0.5) is 5.69 Å². The van der Waals surface area contributed by atoms with E-state index in [1.165, 1.54) is 18.2 Å². The van der Waals surface area contributed by atoms with Crippen molar-refractivity contribution < 1.29 is 13.2 Å². The Morgan fingerprint density at radius 3 is 2.42 bits per heavy atom. The predicted octanol–water partition coefficient (Wildman–Crippen LogP) is 2.60. The lowest BCUT2D eigenvalue weighted by Crippen LogP contribution is -2.43. The van der Waals surface area contributed by atoms with Gasteiger partial charge in [0.2, 0.25) is 0 Å². The first-order valence-corrected chi connectivity index (χ1v) is 9.40. The Morgan fingerprint density at radius 1 is 1.25 bits per heavy atom. The number of aryl methyl sites for hydroxylation is 1. The maximum atomic E-state index is 13.0. The average Bonchev–Trinajstić information content (AvgIpc) is 2.53. The first-order valence-electron chi connectivity index (χ1n) is 6.79. The molecule has 0 unspecified atom stereocenters. The molecule has 6 nitrogen and oxygen atoms in total. The first kappa shape index (κ1) is 18.7. The van der Waals surface area contributed by atoms with Crippen LogP contribution >= 0.6 is 27.5 Å². The van der Waals surface area contributed by atoms with Crippen molar-refractivity contribution >= 4 is 49.1 Å². The molecule has 0 aromatic heterocycles. The van der Waals surface area contributed by atoms with Crippen molar-refractivity contribution in [1.82, 2.24) is 5.43 Å². The highest BCUT2D eigenvalue weighted by molar-refractivity contribution is 9.10. The molecule has 2 aromatic rings. The van der Waals surface area contributed by atoms with E-state index in [4.69, 9.17) is 17.4 Å². The molecule has 0 bridgehead atoms. The van der Waals surface area contributed by atoms with Crippen molar-refractivity contribution in [2.75, 3.05) is 10.8 Å². The Hall–Kier alpha value is -1.61. The maximum Gasteiger partial charge on any atom is 0.264 e. The van der Waals surface area contributed by atoms with E-state index in [1.54, 1.807) is 24.3 Å².